The van der Waals surface area contributed by atoms with Crippen LogP contribution in [0.3, 0.4) is 0 Å². The van der Waals surface area contributed by atoms with Gasteiger partial charge in [0.1, 0.15) is 0 Å². The molecule has 102 valence electrons. The Labute approximate surface area is 120 Å². The molecule has 0 aliphatic rings. The van der Waals surface area contributed by atoms with Gasteiger partial charge in [-0.05, 0) is 44.6 Å². The van der Waals surface area contributed by atoms with E-state index in [1.54, 1.807) is 0 Å². The molecule has 0 aromatic heterocycles. The second kappa shape index (κ2) is 8.68. The Morgan fingerprint density at radius 1 is 1.22 bits per heavy atom. The van der Waals surface area contributed by atoms with Crippen molar-refractivity contribution in [1.82, 2.24) is 4.90 Å². The van der Waals surface area contributed by atoms with Crippen molar-refractivity contribution in [2.45, 2.75) is 38.6 Å². The molecule has 1 rings (SSSR count). The van der Waals surface area contributed by atoms with E-state index in [-0.39, 0.29) is 6.04 Å². The van der Waals surface area contributed by atoms with Gasteiger partial charge in [0.25, 0.3) is 0 Å². The lowest BCUT2D eigenvalue weighted by atomic mass is 10.0. The highest BCUT2D eigenvalue weighted by atomic mass is 79.9. The molecule has 0 heterocycles. The van der Waals surface area contributed by atoms with Crippen LogP contribution in [-0.4, -0.2) is 25.0 Å². The number of nitrogens with zero attached hydrogens (tertiary/aromatic N) is 1. The lowest BCUT2D eigenvalue weighted by Crippen LogP contribution is -2.24. The van der Waals surface area contributed by atoms with Gasteiger partial charge in [-0.1, -0.05) is 53.9 Å². The van der Waals surface area contributed by atoms with Crippen LogP contribution in [0.5, 0.6) is 0 Å². The lowest BCUT2D eigenvalue weighted by Gasteiger charge is -2.20. The average Bonchev–Trinajstić information content (AvgIpc) is 2.37. The van der Waals surface area contributed by atoms with Crippen molar-refractivity contribution in [3.63, 3.8) is 0 Å². The maximum atomic E-state index is 6.24. The largest absolute Gasteiger partial charge is 0.324 e. The van der Waals surface area contributed by atoms with Crippen LogP contribution in [0, 0.1) is 0 Å². The van der Waals surface area contributed by atoms with E-state index < -0.39 is 0 Å². The normalized spacial score (nSPS) is 12.9. The fourth-order valence-electron chi connectivity index (χ4n) is 2.03. The Balaban J connectivity index is 2.32. The van der Waals surface area contributed by atoms with Crippen LogP contribution in [0.25, 0.3) is 0 Å². The van der Waals surface area contributed by atoms with E-state index in [1.807, 2.05) is 12.1 Å². The average molecular weight is 313 g/mol. The number of nitrogens with two attached hydrogens (primary N) is 1. The summed E-state index contributed by atoms with van der Waals surface area (Å²) in [5.41, 5.74) is 7.45. The maximum Gasteiger partial charge on any atom is 0.0318 e. The zero-order valence-electron chi connectivity index (χ0n) is 11.5. The van der Waals surface area contributed by atoms with Gasteiger partial charge in [0.15, 0.2) is 0 Å². The zero-order chi connectivity index (χ0) is 13.4. The van der Waals surface area contributed by atoms with Crippen LogP contribution >= 0.6 is 15.9 Å². The Morgan fingerprint density at radius 2 is 1.94 bits per heavy atom. The molecule has 0 aliphatic carbocycles. The molecule has 0 amide bonds. The maximum absolute atomic E-state index is 6.24. The molecule has 18 heavy (non-hydrogen) atoms. The summed E-state index contributed by atoms with van der Waals surface area (Å²) in [5.74, 6) is 0. The molecule has 1 aromatic carbocycles. The van der Waals surface area contributed by atoms with Crippen LogP contribution in [0.2, 0.25) is 0 Å². The molecule has 0 radical (unpaired) electrons. The lowest BCUT2D eigenvalue weighted by molar-refractivity contribution is 0.311. The number of benzene rings is 1. The first-order valence-corrected chi connectivity index (χ1v) is 7.63. The summed E-state index contributed by atoms with van der Waals surface area (Å²) in [7, 11) is 2.18. The number of halogens is 1. The molecule has 1 aromatic rings. The van der Waals surface area contributed by atoms with Gasteiger partial charge < -0.3 is 10.6 Å². The summed E-state index contributed by atoms with van der Waals surface area (Å²) in [6.45, 7) is 4.48. The van der Waals surface area contributed by atoms with Gasteiger partial charge in [-0.15, -0.1) is 0 Å². The van der Waals surface area contributed by atoms with Crippen molar-refractivity contribution in [3.8, 4) is 0 Å². The van der Waals surface area contributed by atoms with Crippen molar-refractivity contribution in [2.75, 3.05) is 20.1 Å². The van der Waals surface area contributed by atoms with Gasteiger partial charge in [-0.2, -0.15) is 0 Å². The Kier molecular flexibility index (Phi) is 7.56. The van der Waals surface area contributed by atoms with Crippen molar-refractivity contribution in [1.29, 1.82) is 0 Å². The molecule has 0 fully saturated rings. The van der Waals surface area contributed by atoms with Crippen LogP contribution in [0.1, 0.15) is 44.2 Å². The summed E-state index contributed by atoms with van der Waals surface area (Å²) in [6, 6.07) is 8.35. The number of rotatable bonds is 8. The first-order valence-electron chi connectivity index (χ1n) is 6.83. The Morgan fingerprint density at radius 3 is 2.61 bits per heavy atom. The van der Waals surface area contributed by atoms with E-state index in [4.69, 9.17) is 5.73 Å². The summed E-state index contributed by atoms with van der Waals surface area (Å²) < 4.78 is 1.12. The van der Waals surface area contributed by atoms with Crippen LogP contribution < -0.4 is 5.73 Å². The minimum absolute atomic E-state index is 0.120. The standard InChI is InChI=1S/C15H25BrN2/c1-3-4-7-11-18(2)12-10-15(17)13-8-5-6-9-14(13)16/h5-6,8-9,15H,3-4,7,10-12,17H2,1-2H3. The van der Waals surface area contributed by atoms with Gasteiger partial charge in [0, 0.05) is 10.5 Å². The Hall–Kier alpha value is -0.380. The predicted octanol–water partition coefficient (Wildman–Crippen LogP) is 3.96. The summed E-state index contributed by atoms with van der Waals surface area (Å²) in [4.78, 5) is 2.38. The second-order valence-corrected chi connectivity index (χ2v) is 5.78. The molecule has 1 atom stereocenters. The highest BCUT2D eigenvalue weighted by Crippen LogP contribution is 2.23. The smallest absolute Gasteiger partial charge is 0.0318 e. The first kappa shape index (κ1) is 15.7. The molecular formula is C15H25BrN2. The number of hydrogen-bond donors (Lipinski definition) is 1. The van der Waals surface area contributed by atoms with Crippen LogP contribution in [-0.2, 0) is 0 Å². The summed E-state index contributed by atoms with van der Waals surface area (Å²) >= 11 is 3.56. The van der Waals surface area contributed by atoms with E-state index in [1.165, 1.54) is 31.4 Å². The molecule has 0 bridgehead atoms. The third kappa shape index (κ3) is 5.51. The monoisotopic (exact) mass is 312 g/mol. The summed E-state index contributed by atoms with van der Waals surface area (Å²) in [6.07, 6.45) is 4.90. The van der Waals surface area contributed by atoms with Gasteiger partial charge in [0.2, 0.25) is 0 Å². The highest BCUT2D eigenvalue weighted by Gasteiger charge is 2.10. The van der Waals surface area contributed by atoms with Crippen LogP contribution in [0.4, 0.5) is 0 Å². The molecule has 0 spiro atoms. The van der Waals surface area contributed by atoms with Crippen molar-refractivity contribution in [3.05, 3.63) is 34.3 Å². The minimum Gasteiger partial charge on any atom is -0.324 e. The number of hydrogen-bond acceptors (Lipinski definition) is 2. The van der Waals surface area contributed by atoms with E-state index in [2.05, 4.69) is 46.9 Å². The topological polar surface area (TPSA) is 29.3 Å². The molecule has 3 heteroatoms. The van der Waals surface area contributed by atoms with Crippen molar-refractivity contribution < 1.29 is 0 Å². The van der Waals surface area contributed by atoms with E-state index in [0.717, 1.165) is 17.4 Å². The van der Waals surface area contributed by atoms with E-state index in [9.17, 15) is 0 Å². The predicted molar refractivity (Wildman–Crippen MR) is 82.7 cm³/mol. The fourth-order valence-corrected chi connectivity index (χ4v) is 2.61. The Bertz CT molecular complexity index is 341. The van der Waals surface area contributed by atoms with Gasteiger partial charge in [-0.25, -0.2) is 0 Å². The SMILES string of the molecule is CCCCCN(C)CCC(N)c1ccccc1Br. The molecule has 0 aliphatic heterocycles. The zero-order valence-corrected chi connectivity index (χ0v) is 13.1. The molecule has 2 nitrogen and oxygen atoms in total. The quantitative estimate of drug-likeness (QED) is 0.736. The van der Waals surface area contributed by atoms with Crippen LogP contribution in [0.15, 0.2) is 28.7 Å². The molecule has 0 saturated carbocycles. The van der Waals surface area contributed by atoms with Crippen molar-refractivity contribution in [2.24, 2.45) is 5.73 Å². The molecule has 0 saturated heterocycles. The fraction of sp³-hybridized carbons (Fsp3) is 0.600. The van der Waals surface area contributed by atoms with E-state index in [0.29, 0.717) is 0 Å². The summed E-state index contributed by atoms with van der Waals surface area (Å²) in [5, 5.41) is 0. The third-order valence-corrected chi connectivity index (χ3v) is 3.99. The molecular weight excluding hydrogens is 288 g/mol. The van der Waals surface area contributed by atoms with Gasteiger partial charge in [0.05, 0.1) is 0 Å². The van der Waals surface area contributed by atoms with Gasteiger partial charge in [-0.3, -0.25) is 0 Å². The van der Waals surface area contributed by atoms with Gasteiger partial charge >= 0.3 is 0 Å². The molecule has 1 unspecified atom stereocenters. The second-order valence-electron chi connectivity index (χ2n) is 4.93. The number of unbranched alkanes of at least 4 members (excludes halogenated alkanes) is 2. The third-order valence-electron chi connectivity index (χ3n) is 3.27. The molecule has 2 N–H and O–H groups in total. The highest BCUT2D eigenvalue weighted by molar-refractivity contribution is 9.10. The minimum atomic E-state index is 0.120. The first-order chi connectivity index (χ1) is 8.65. The van der Waals surface area contributed by atoms with E-state index >= 15 is 0 Å². The van der Waals surface area contributed by atoms with Crippen molar-refractivity contribution >= 4 is 15.9 Å².